The van der Waals surface area contributed by atoms with Gasteiger partial charge < -0.3 is 10.2 Å². The van der Waals surface area contributed by atoms with E-state index in [-0.39, 0.29) is 4.68 Å². The van der Waals surface area contributed by atoms with Crippen LogP contribution in [0.15, 0.2) is 4.47 Å². The number of carboxylic acid groups (broad SMARTS) is 2. The highest BCUT2D eigenvalue weighted by atomic mass is 79.9. The first-order chi connectivity index (χ1) is 7.64. The molecular formula is C7H4BrF3N2O4. The summed E-state index contributed by atoms with van der Waals surface area (Å²) in [7, 11) is 0. The number of hydrogen-bond acceptors (Lipinski definition) is 3. The Hall–Kier alpha value is -1.58. The molecule has 0 saturated heterocycles. The summed E-state index contributed by atoms with van der Waals surface area (Å²) in [6.07, 6.45) is -4.87. The van der Waals surface area contributed by atoms with Gasteiger partial charge in [0.05, 0.1) is 4.47 Å². The topological polar surface area (TPSA) is 92.4 Å². The molecule has 0 aliphatic heterocycles. The van der Waals surface area contributed by atoms with Crippen molar-refractivity contribution in [2.45, 2.75) is 12.7 Å². The predicted molar refractivity (Wildman–Crippen MR) is 49.5 cm³/mol. The van der Waals surface area contributed by atoms with Gasteiger partial charge in [0.15, 0.2) is 11.4 Å². The number of rotatable bonds is 3. The molecule has 0 fully saturated rings. The summed E-state index contributed by atoms with van der Waals surface area (Å²) in [5.41, 5.74) is -2.34. The number of halogens is 4. The van der Waals surface area contributed by atoms with Gasteiger partial charge in [-0.3, -0.25) is 4.79 Å². The Bertz CT molecular complexity index is 482. The van der Waals surface area contributed by atoms with Crippen LogP contribution in [-0.4, -0.2) is 31.9 Å². The molecule has 0 spiro atoms. The van der Waals surface area contributed by atoms with Gasteiger partial charge in [0.2, 0.25) is 0 Å². The molecule has 0 atom stereocenters. The summed E-state index contributed by atoms with van der Waals surface area (Å²) in [5, 5.41) is 20.0. The second-order valence-corrected chi connectivity index (χ2v) is 3.66. The van der Waals surface area contributed by atoms with Gasteiger partial charge >= 0.3 is 18.1 Å². The average Bonchev–Trinajstić information content (AvgIpc) is 2.40. The van der Waals surface area contributed by atoms with E-state index >= 15 is 0 Å². The SMILES string of the molecule is O=C(O)Cn1nc(C(F)(F)F)c(Br)c1C(=O)O. The number of aromatic carboxylic acids is 1. The highest BCUT2D eigenvalue weighted by Gasteiger charge is 2.40. The van der Waals surface area contributed by atoms with E-state index in [0.717, 1.165) is 0 Å². The highest BCUT2D eigenvalue weighted by molar-refractivity contribution is 9.10. The fraction of sp³-hybridized carbons (Fsp3) is 0.286. The van der Waals surface area contributed by atoms with E-state index in [4.69, 9.17) is 10.2 Å². The number of aliphatic carboxylic acids is 1. The third kappa shape index (κ3) is 2.75. The summed E-state index contributed by atoms with van der Waals surface area (Å²) >= 11 is 2.45. The third-order valence-electron chi connectivity index (χ3n) is 1.65. The average molecular weight is 317 g/mol. The molecule has 0 unspecified atom stereocenters. The third-order valence-corrected chi connectivity index (χ3v) is 2.40. The molecule has 17 heavy (non-hydrogen) atoms. The van der Waals surface area contributed by atoms with E-state index < -0.39 is 40.5 Å². The fourth-order valence-corrected chi connectivity index (χ4v) is 1.75. The van der Waals surface area contributed by atoms with Gasteiger partial charge in [-0.05, 0) is 15.9 Å². The lowest BCUT2D eigenvalue weighted by Crippen LogP contribution is -2.16. The van der Waals surface area contributed by atoms with Gasteiger partial charge in [0.1, 0.15) is 6.54 Å². The molecule has 10 heteroatoms. The molecule has 0 bridgehead atoms. The van der Waals surface area contributed by atoms with E-state index in [2.05, 4.69) is 21.0 Å². The number of alkyl halides is 3. The van der Waals surface area contributed by atoms with Crippen molar-refractivity contribution in [1.29, 1.82) is 0 Å². The molecule has 0 aliphatic carbocycles. The van der Waals surface area contributed by atoms with Gasteiger partial charge in [-0.2, -0.15) is 18.3 Å². The predicted octanol–water partition coefficient (Wildman–Crippen LogP) is 1.45. The van der Waals surface area contributed by atoms with E-state index in [1.54, 1.807) is 0 Å². The lowest BCUT2D eigenvalue weighted by Gasteiger charge is -2.01. The minimum atomic E-state index is -4.87. The van der Waals surface area contributed by atoms with Crippen LogP contribution in [0.3, 0.4) is 0 Å². The molecule has 1 aromatic rings. The molecule has 6 nitrogen and oxygen atoms in total. The number of carboxylic acids is 2. The Morgan fingerprint density at radius 2 is 1.88 bits per heavy atom. The smallest absolute Gasteiger partial charge is 0.436 e. The van der Waals surface area contributed by atoms with Crippen molar-refractivity contribution < 1.29 is 33.0 Å². The summed E-state index contributed by atoms with van der Waals surface area (Å²) in [6.45, 7) is -0.976. The van der Waals surface area contributed by atoms with Crippen LogP contribution in [0.2, 0.25) is 0 Å². The molecule has 0 aromatic carbocycles. The number of nitrogens with zero attached hydrogens (tertiary/aromatic N) is 2. The first kappa shape index (κ1) is 13.5. The van der Waals surface area contributed by atoms with Gasteiger partial charge in [0.25, 0.3) is 0 Å². The van der Waals surface area contributed by atoms with Crippen molar-refractivity contribution in [2.75, 3.05) is 0 Å². The fourth-order valence-electron chi connectivity index (χ4n) is 1.07. The largest absolute Gasteiger partial charge is 0.480 e. The van der Waals surface area contributed by atoms with Gasteiger partial charge in [0, 0.05) is 0 Å². The highest BCUT2D eigenvalue weighted by Crippen LogP contribution is 2.35. The van der Waals surface area contributed by atoms with Gasteiger partial charge in [-0.15, -0.1) is 0 Å². The molecular weight excluding hydrogens is 313 g/mol. The van der Waals surface area contributed by atoms with Crippen LogP contribution in [0.1, 0.15) is 16.2 Å². The molecule has 94 valence electrons. The van der Waals surface area contributed by atoms with Crippen LogP contribution >= 0.6 is 15.9 Å². The molecule has 1 heterocycles. The van der Waals surface area contributed by atoms with Crippen molar-refractivity contribution in [1.82, 2.24) is 9.78 Å². The maximum Gasteiger partial charge on any atom is 0.436 e. The zero-order valence-electron chi connectivity index (χ0n) is 7.82. The minimum Gasteiger partial charge on any atom is -0.480 e. The van der Waals surface area contributed by atoms with E-state index in [1.807, 2.05) is 0 Å². The van der Waals surface area contributed by atoms with Crippen molar-refractivity contribution in [3.05, 3.63) is 15.9 Å². The molecule has 0 aliphatic rings. The zero-order chi connectivity index (χ0) is 13.4. The Morgan fingerprint density at radius 3 is 2.24 bits per heavy atom. The van der Waals surface area contributed by atoms with Crippen molar-refractivity contribution in [2.24, 2.45) is 0 Å². The van der Waals surface area contributed by atoms with Crippen molar-refractivity contribution >= 4 is 27.9 Å². The monoisotopic (exact) mass is 316 g/mol. The van der Waals surface area contributed by atoms with Crippen molar-refractivity contribution in [3.8, 4) is 0 Å². The zero-order valence-corrected chi connectivity index (χ0v) is 9.41. The Morgan fingerprint density at radius 1 is 1.35 bits per heavy atom. The second-order valence-electron chi connectivity index (χ2n) is 2.87. The van der Waals surface area contributed by atoms with Gasteiger partial charge in [-0.25, -0.2) is 9.48 Å². The maximum atomic E-state index is 12.4. The van der Waals surface area contributed by atoms with Crippen LogP contribution < -0.4 is 0 Å². The maximum absolute atomic E-state index is 12.4. The van der Waals surface area contributed by atoms with Crippen LogP contribution in [0.5, 0.6) is 0 Å². The van der Waals surface area contributed by atoms with Crippen LogP contribution in [0.25, 0.3) is 0 Å². The number of hydrogen-bond donors (Lipinski definition) is 2. The molecule has 2 N–H and O–H groups in total. The number of aromatic nitrogens is 2. The summed E-state index contributed by atoms with van der Waals surface area (Å²) in [5.74, 6) is -3.21. The van der Waals surface area contributed by atoms with Gasteiger partial charge in [-0.1, -0.05) is 0 Å². The Kier molecular flexibility index (Phi) is 3.45. The Labute approximate surface area is 99.8 Å². The molecule has 0 radical (unpaired) electrons. The first-order valence-electron chi connectivity index (χ1n) is 3.93. The van der Waals surface area contributed by atoms with Crippen molar-refractivity contribution in [3.63, 3.8) is 0 Å². The second kappa shape index (κ2) is 4.35. The van der Waals surface area contributed by atoms with E-state index in [0.29, 0.717) is 0 Å². The molecule has 1 aromatic heterocycles. The van der Waals surface area contributed by atoms with Crippen LogP contribution in [0, 0.1) is 0 Å². The summed E-state index contributed by atoms with van der Waals surface area (Å²) < 4.78 is 36.7. The molecule has 0 saturated carbocycles. The standard InChI is InChI=1S/C7H4BrF3N2O4/c8-3-4(6(16)17)13(1-2(14)15)12-5(3)7(9,10)11/h1H2,(H,14,15)(H,16,17). The van der Waals surface area contributed by atoms with E-state index in [9.17, 15) is 22.8 Å². The first-order valence-corrected chi connectivity index (χ1v) is 4.72. The van der Waals surface area contributed by atoms with E-state index in [1.165, 1.54) is 0 Å². The minimum absolute atomic E-state index is 0.261. The normalized spacial score (nSPS) is 11.5. The molecule has 0 amide bonds. The lowest BCUT2D eigenvalue weighted by molar-refractivity contribution is -0.143. The number of carbonyl (C=O) groups is 2. The summed E-state index contributed by atoms with van der Waals surface area (Å²) in [6, 6.07) is 0. The Balaban J connectivity index is 3.40. The quantitative estimate of drug-likeness (QED) is 0.880. The summed E-state index contributed by atoms with van der Waals surface area (Å²) in [4.78, 5) is 21.1. The molecule has 1 rings (SSSR count). The lowest BCUT2D eigenvalue weighted by atomic mass is 10.3. The van der Waals surface area contributed by atoms with Crippen LogP contribution in [-0.2, 0) is 17.5 Å². The van der Waals surface area contributed by atoms with Crippen LogP contribution in [0.4, 0.5) is 13.2 Å².